The van der Waals surface area contributed by atoms with Gasteiger partial charge in [0, 0.05) is 18.3 Å². The molecule has 3 heteroatoms. The van der Waals surface area contributed by atoms with E-state index in [0.29, 0.717) is 24.4 Å². The molecule has 0 aliphatic carbocycles. The van der Waals surface area contributed by atoms with Gasteiger partial charge in [0.25, 0.3) is 0 Å². The third-order valence-corrected chi connectivity index (χ3v) is 4.64. The van der Waals surface area contributed by atoms with E-state index in [0.717, 1.165) is 16.7 Å². The predicted octanol–water partition coefficient (Wildman–Crippen LogP) is 6.06. The minimum absolute atomic E-state index is 0.0478. The fraction of sp³-hybridized carbons (Fsp3) is 0.269. The van der Waals surface area contributed by atoms with Gasteiger partial charge in [0.05, 0.1) is 17.9 Å². The fourth-order valence-corrected chi connectivity index (χ4v) is 2.96. The molecule has 0 unspecified atom stereocenters. The Bertz CT molecular complexity index is 971. The van der Waals surface area contributed by atoms with Crippen molar-refractivity contribution < 1.29 is 9.53 Å². The number of hydrogen-bond donors (Lipinski definition) is 0. The maximum Gasteiger partial charge on any atom is 0.209 e. The molecule has 0 aliphatic heterocycles. The number of carbonyl (C=O) groups excluding carboxylic acids is 1. The quantitative estimate of drug-likeness (QED) is 0.462. The van der Waals surface area contributed by atoms with Crippen LogP contribution in [0.2, 0.25) is 0 Å². The lowest BCUT2D eigenvalue weighted by molar-refractivity contribution is -0.0149. The number of hydrogen-bond acceptors (Lipinski definition) is 2. The van der Waals surface area contributed by atoms with Gasteiger partial charge in [-0.15, -0.1) is 0 Å². The van der Waals surface area contributed by atoms with Crippen molar-refractivity contribution in [3.05, 3.63) is 101 Å². The Morgan fingerprint density at radius 1 is 1.00 bits per heavy atom. The highest BCUT2D eigenvalue weighted by Crippen LogP contribution is 2.15. The molecule has 0 aliphatic rings. The molecule has 29 heavy (non-hydrogen) atoms. The number of ketones is 1. The number of nitrogens with zero attached hydrogens (tertiary/aromatic N) is 1. The van der Waals surface area contributed by atoms with E-state index in [1.807, 2.05) is 54.1 Å². The number of aromatic nitrogens is 1. The first kappa shape index (κ1) is 20.8. The maximum atomic E-state index is 12.8. The average Bonchev–Trinajstić information content (AvgIpc) is 3.15. The van der Waals surface area contributed by atoms with Crippen molar-refractivity contribution in [1.82, 2.24) is 4.57 Å². The van der Waals surface area contributed by atoms with E-state index in [1.165, 1.54) is 0 Å². The number of aryl methyl sites for hydroxylation is 1. The molecule has 0 radical (unpaired) electrons. The molecule has 0 saturated heterocycles. The van der Waals surface area contributed by atoms with Crippen molar-refractivity contribution in [2.45, 2.75) is 46.4 Å². The summed E-state index contributed by atoms with van der Waals surface area (Å²) >= 11 is 0. The highest BCUT2D eigenvalue weighted by atomic mass is 16.5. The van der Waals surface area contributed by atoms with Crippen molar-refractivity contribution in [2.24, 2.45) is 0 Å². The molecule has 2 aromatic carbocycles. The second-order valence-corrected chi connectivity index (χ2v) is 8.29. The molecule has 3 aromatic rings. The van der Waals surface area contributed by atoms with Crippen LogP contribution < -0.4 is 0 Å². The topological polar surface area (TPSA) is 31.2 Å². The van der Waals surface area contributed by atoms with Gasteiger partial charge >= 0.3 is 0 Å². The van der Waals surface area contributed by atoms with Crippen molar-refractivity contribution in [1.29, 1.82) is 0 Å². The largest absolute Gasteiger partial charge is 0.371 e. The van der Waals surface area contributed by atoms with E-state index in [2.05, 4.69) is 57.2 Å². The fourth-order valence-electron chi connectivity index (χ4n) is 2.96. The number of rotatable bonds is 7. The van der Waals surface area contributed by atoms with Gasteiger partial charge < -0.3 is 9.30 Å². The van der Waals surface area contributed by atoms with Crippen molar-refractivity contribution >= 4 is 11.9 Å². The van der Waals surface area contributed by atoms with Crippen LogP contribution in [-0.4, -0.2) is 16.0 Å². The summed E-state index contributed by atoms with van der Waals surface area (Å²) in [6, 6.07) is 19.9. The van der Waals surface area contributed by atoms with Crippen LogP contribution in [0.15, 0.2) is 72.9 Å². The molecule has 1 aromatic heterocycles. The van der Waals surface area contributed by atoms with Crippen LogP contribution in [-0.2, 0) is 17.9 Å². The minimum atomic E-state index is -0.136. The smallest absolute Gasteiger partial charge is 0.209 e. The van der Waals surface area contributed by atoms with Gasteiger partial charge in [0.2, 0.25) is 5.78 Å². The third kappa shape index (κ3) is 6.03. The molecule has 0 fully saturated rings. The highest BCUT2D eigenvalue weighted by molar-refractivity contribution is 6.08. The predicted molar refractivity (Wildman–Crippen MR) is 119 cm³/mol. The number of carbonyl (C=O) groups is 1. The van der Waals surface area contributed by atoms with E-state index < -0.39 is 0 Å². The van der Waals surface area contributed by atoms with Gasteiger partial charge in [-0.25, -0.2) is 0 Å². The molecule has 0 amide bonds. The lowest BCUT2D eigenvalue weighted by Gasteiger charge is -2.19. The first-order valence-corrected chi connectivity index (χ1v) is 9.98. The zero-order valence-corrected chi connectivity index (χ0v) is 17.7. The zero-order chi connectivity index (χ0) is 20.9. The lowest BCUT2D eigenvalue weighted by atomic mass is 10.1. The van der Waals surface area contributed by atoms with Crippen LogP contribution in [0.4, 0.5) is 0 Å². The summed E-state index contributed by atoms with van der Waals surface area (Å²) in [4.78, 5) is 12.8. The first-order valence-electron chi connectivity index (χ1n) is 9.98. The molecule has 150 valence electrons. The van der Waals surface area contributed by atoms with E-state index in [-0.39, 0.29) is 11.4 Å². The SMILES string of the molecule is Cc1ccc(C(=O)c2cccn2C/C=C/c2ccc(COC(C)(C)C)cc2)cc1. The lowest BCUT2D eigenvalue weighted by Crippen LogP contribution is -2.18. The van der Waals surface area contributed by atoms with E-state index in [4.69, 9.17) is 4.74 Å². The van der Waals surface area contributed by atoms with Crippen molar-refractivity contribution in [3.63, 3.8) is 0 Å². The van der Waals surface area contributed by atoms with Gasteiger partial charge in [-0.1, -0.05) is 66.2 Å². The summed E-state index contributed by atoms with van der Waals surface area (Å²) in [7, 11) is 0. The Hall–Kier alpha value is -2.91. The molecule has 0 saturated carbocycles. The summed E-state index contributed by atoms with van der Waals surface area (Å²) in [6.07, 6.45) is 6.10. The summed E-state index contributed by atoms with van der Waals surface area (Å²) in [5.74, 6) is 0.0478. The summed E-state index contributed by atoms with van der Waals surface area (Å²) in [5.41, 5.74) is 4.72. The van der Waals surface area contributed by atoms with Gasteiger partial charge in [-0.2, -0.15) is 0 Å². The molecule has 3 nitrogen and oxygen atoms in total. The Morgan fingerprint density at radius 3 is 2.34 bits per heavy atom. The summed E-state index contributed by atoms with van der Waals surface area (Å²) in [6.45, 7) is 9.46. The van der Waals surface area contributed by atoms with Gasteiger partial charge in [0.1, 0.15) is 0 Å². The van der Waals surface area contributed by atoms with Crippen LogP contribution in [0.25, 0.3) is 6.08 Å². The molecule has 1 heterocycles. The normalized spacial score (nSPS) is 11.9. The Morgan fingerprint density at radius 2 is 1.69 bits per heavy atom. The van der Waals surface area contributed by atoms with E-state index in [9.17, 15) is 4.79 Å². The van der Waals surface area contributed by atoms with Crippen LogP contribution in [0, 0.1) is 6.92 Å². The Balaban J connectivity index is 1.62. The van der Waals surface area contributed by atoms with Crippen molar-refractivity contribution in [2.75, 3.05) is 0 Å². The van der Waals surface area contributed by atoms with Gasteiger partial charge in [0.15, 0.2) is 0 Å². The molecule has 0 atom stereocenters. The zero-order valence-electron chi connectivity index (χ0n) is 17.7. The number of ether oxygens (including phenoxy) is 1. The van der Waals surface area contributed by atoms with Gasteiger partial charge in [-0.05, 0) is 51.0 Å². The summed E-state index contributed by atoms with van der Waals surface area (Å²) < 4.78 is 7.79. The summed E-state index contributed by atoms with van der Waals surface area (Å²) in [5, 5.41) is 0. The highest BCUT2D eigenvalue weighted by Gasteiger charge is 2.12. The first-order chi connectivity index (χ1) is 13.8. The average molecular weight is 388 g/mol. The van der Waals surface area contributed by atoms with Gasteiger partial charge in [-0.3, -0.25) is 4.79 Å². The molecule has 3 rings (SSSR count). The van der Waals surface area contributed by atoms with Crippen LogP contribution >= 0.6 is 0 Å². The van der Waals surface area contributed by atoms with Crippen LogP contribution in [0.3, 0.4) is 0 Å². The Kier molecular flexibility index (Phi) is 6.50. The minimum Gasteiger partial charge on any atom is -0.371 e. The number of benzene rings is 2. The number of allylic oxidation sites excluding steroid dienone is 1. The molecule has 0 N–H and O–H groups in total. The standard InChI is InChI=1S/C26H29NO2/c1-20-9-15-23(16-10-20)25(28)24-8-6-18-27(24)17-5-7-21-11-13-22(14-12-21)19-29-26(2,3)4/h5-16,18H,17,19H2,1-4H3/b7-5+. The molecule has 0 spiro atoms. The Labute approximate surface area is 173 Å². The molecule has 0 bridgehead atoms. The van der Waals surface area contributed by atoms with Crippen molar-refractivity contribution in [3.8, 4) is 0 Å². The van der Waals surface area contributed by atoms with E-state index >= 15 is 0 Å². The maximum absolute atomic E-state index is 12.8. The second kappa shape index (κ2) is 9.06. The third-order valence-electron chi connectivity index (χ3n) is 4.64. The van der Waals surface area contributed by atoms with E-state index in [1.54, 1.807) is 0 Å². The van der Waals surface area contributed by atoms with Crippen LogP contribution in [0.1, 0.15) is 53.5 Å². The molecular formula is C26H29NO2. The molecular weight excluding hydrogens is 358 g/mol. The second-order valence-electron chi connectivity index (χ2n) is 8.29. The monoisotopic (exact) mass is 387 g/mol. The van der Waals surface area contributed by atoms with Crippen LogP contribution in [0.5, 0.6) is 0 Å².